The molecule has 4 aromatic rings. The molecule has 0 unspecified atom stereocenters. The number of anilines is 2. The van der Waals surface area contributed by atoms with Crippen LogP contribution in [0.1, 0.15) is 20.7 Å². The van der Waals surface area contributed by atoms with Gasteiger partial charge in [0.25, 0.3) is 11.6 Å². The summed E-state index contributed by atoms with van der Waals surface area (Å²) in [5.74, 6) is -1.69. The summed E-state index contributed by atoms with van der Waals surface area (Å²) >= 11 is 1.29. The molecule has 0 aliphatic carbocycles. The molecule has 4 rings (SSSR count). The van der Waals surface area contributed by atoms with Gasteiger partial charge >= 0.3 is 5.97 Å². The maximum atomic E-state index is 12.9. The van der Waals surface area contributed by atoms with Crippen LogP contribution in [-0.2, 0) is 4.79 Å². The maximum absolute atomic E-state index is 12.9. The van der Waals surface area contributed by atoms with Gasteiger partial charge in [-0.1, -0.05) is 24.3 Å². The van der Waals surface area contributed by atoms with Crippen LogP contribution in [0.2, 0.25) is 0 Å². The van der Waals surface area contributed by atoms with Gasteiger partial charge in [-0.2, -0.15) is 0 Å². The fourth-order valence-electron chi connectivity index (χ4n) is 3.55. The summed E-state index contributed by atoms with van der Waals surface area (Å²) in [7, 11) is 0. The molecule has 0 saturated carbocycles. The van der Waals surface area contributed by atoms with E-state index in [0.29, 0.717) is 22.1 Å². The summed E-state index contributed by atoms with van der Waals surface area (Å²) in [4.78, 5) is 47.8. The summed E-state index contributed by atoms with van der Waals surface area (Å²) in [5.41, 5.74) is 1.23. The fourth-order valence-corrected chi connectivity index (χ4v) is 4.25. The Bertz CT molecular complexity index is 1460. The lowest BCUT2D eigenvalue weighted by Gasteiger charge is -2.11. The first-order valence-electron chi connectivity index (χ1n) is 10.7. The normalized spacial score (nSPS) is 10.6. The highest BCUT2D eigenvalue weighted by Crippen LogP contribution is 2.26. The lowest BCUT2D eigenvalue weighted by Crippen LogP contribution is -2.14. The molecule has 0 saturated heterocycles. The molecule has 0 heterocycles. The zero-order valence-corrected chi connectivity index (χ0v) is 19.5. The van der Waals surface area contributed by atoms with E-state index < -0.39 is 16.8 Å². The van der Waals surface area contributed by atoms with Crippen LogP contribution >= 0.6 is 11.8 Å². The number of benzene rings is 4. The molecule has 0 aromatic heterocycles. The number of thioether (sulfide) groups is 1. The highest BCUT2D eigenvalue weighted by molar-refractivity contribution is 8.00. The molecular weight excluding hydrogens is 482 g/mol. The Morgan fingerprint density at radius 2 is 1.39 bits per heavy atom. The van der Waals surface area contributed by atoms with E-state index in [0.717, 1.165) is 4.90 Å². The number of non-ortho nitro benzene ring substituents is 1. The third-order valence-electron chi connectivity index (χ3n) is 5.22. The number of nitro benzene ring substituents is 1. The Kier molecular flexibility index (Phi) is 7.26. The molecular formula is C26H19N3O6S. The molecule has 2 amide bonds. The summed E-state index contributed by atoms with van der Waals surface area (Å²) in [5, 5.41) is 26.7. The minimum absolute atomic E-state index is 0.0528. The van der Waals surface area contributed by atoms with E-state index >= 15 is 0 Å². The second kappa shape index (κ2) is 10.7. The average Bonchev–Trinajstić information content (AvgIpc) is 2.87. The second-order valence-corrected chi connectivity index (χ2v) is 8.68. The van der Waals surface area contributed by atoms with Crippen molar-refractivity contribution in [2.75, 3.05) is 16.4 Å². The number of fused-ring (bicyclic) bond motifs is 1. The van der Waals surface area contributed by atoms with E-state index in [1.165, 1.54) is 42.1 Å². The molecule has 3 N–H and O–H groups in total. The van der Waals surface area contributed by atoms with Gasteiger partial charge in [-0.3, -0.25) is 19.7 Å². The maximum Gasteiger partial charge on any atom is 0.336 e. The summed E-state index contributed by atoms with van der Waals surface area (Å²) in [6.07, 6.45) is 0. The molecule has 0 radical (unpaired) electrons. The largest absolute Gasteiger partial charge is 0.478 e. The van der Waals surface area contributed by atoms with Gasteiger partial charge in [-0.15, -0.1) is 11.8 Å². The summed E-state index contributed by atoms with van der Waals surface area (Å²) < 4.78 is 0. The van der Waals surface area contributed by atoms with E-state index in [4.69, 9.17) is 0 Å². The van der Waals surface area contributed by atoms with Gasteiger partial charge in [0.2, 0.25) is 5.91 Å². The minimum Gasteiger partial charge on any atom is -0.478 e. The van der Waals surface area contributed by atoms with Crippen molar-refractivity contribution in [3.05, 3.63) is 106 Å². The predicted octanol–water partition coefficient (Wildman–Crippen LogP) is 5.43. The van der Waals surface area contributed by atoms with Gasteiger partial charge in [-0.25, -0.2) is 4.79 Å². The molecule has 36 heavy (non-hydrogen) atoms. The SMILES string of the molecule is O=C(CSc1ccc(NC(=O)c2cccc3cccc(C(=O)O)c23)cc1)Nc1ccc([N+](=O)[O-])cc1. The van der Waals surface area contributed by atoms with Crippen LogP contribution in [0.4, 0.5) is 17.1 Å². The molecule has 10 heteroatoms. The van der Waals surface area contributed by atoms with Gasteiger partial charge in [0, 0.05) is 39.4 Å². The molecule has 9 nitrogen and oxygen atoms in total. The zero-order valence-electron chi connectivity index (χ0n) is 18.6. The molecule has 0 fully saturated rings. The number of hydrogen-bond donors (Lipinski definition) is 3. The molecule has 4 aromatic carbocycles. The lowest BCUT2D eigenvalue weighted by molar-refractivity contribution is -0.384. The molecule has 180 valence electrons. The number of carboxylic acids is 1. The van der Waals surface area contributed by atoms with Crippen LogP contribution < -0.4 is 10.6 Å². The average molecular weight is 502 g/mol. The standard InChI is InChI=1S/C26H19N3O6S/c30-23(27-17-7-11-19(12-8-17)29(34)35)15-36-20-13-9-18(10-14-20)28-25(31)21-5-1-3-16-4-2-6-22(24(16)21)26(32)33/h1-14H,15H2,(H,27,30)(H,28,31)(H,32,33). The van der Waals surface area contributed by atoms with Gasteiger partial charge in [-0.05, 0) is 53.9 Å². The Labute approximate surface area is 209 Å². The van der Waals surface area contributed by atoms with Crippen molar-refractivity contribution in [3.8, 4) is 0 Å². The van der Waals surface area contributed by atoms with Crippen molar-refractivity contribution < 1.29 is 24.4 Å². The lowest BCUT2D eigenvalue weighted by atomic mass is 9.98. The third-order valence-corrected chi connectivity index (χ3v) is 6.24. The van der Waals surface area contributed by atoms with Crippen LogP contribution in [0.3, 0.4) is 0 Å². The smallest absolute Gasteiger partial charge is 0.336 e. The first-order chi connectivity index (χ1) is 17.3. The molecule has 0 aliphatic heterocycles. The Balaban J connectivity index is 1.37. The first-order valence-corrected chi connectivity index (χ1v) is 11.6. The third kappa shape index (κ3) is 5.68. The number of nitro groups is 1. The van der Waals surface area contributed by atoms with Crippen LogP contribution in [0.25, 0.3) is 10.8 Å². The van der Waals surface area contributed by atoms with Crippen LogP contribution in [0.15, 0.2) is 89.8 Å². The monoisotopic (exact) mass is 501 g/mol. The van der Waals surface area contributed by atoms with Crippen LogP contribution in [-0.4, -0.2) is 33.6 Å². The number of amides is 2. The number of carbonyl (C=O) groups excluding carboxylic acids is 2. The number of carboxylic acid groups (broad SMARTS) is 1. The Morgan fingerprint density at radius 1 is 0.806 bits per heavy atom. The van der Waals surface area contributed by atoms with Gasteiger partial charge in [0.1, 0.15) is 0 Å². The van der Waals surface area contributed by atoms with E-state index in [1.54, 1.807) is 54.6 Å². The number of rotatable bonds is 8. The fraction of sp³-hybridized carbons (Fsp3) is 0.0385. The first kappa shape index (κ1) is 24.4. The number of carbonyl (C=O) groups is 3. The van der Waals surface area contributed by atoms with Crippen molar-refractivity contribution >= 4 is 57.4 Å². The van der Waals surface area contributed by atoms with Gasteiger partial charge in [0.15, 0.2) is 0 Å². The van der Waals surface area contributed by atoms with E-state index in [1.807, 2.05) is 0 Å². The zero-order chi connectivity index (χ0) is 25.7. The van der Waals surface area contributed by atoms with Crippen molar-refractivity contribution in [3.63, 3.8) is 0 Å². The van der Waals surface area contributed by atoms with Crippen molar-refractivity contribution in [2.24, 2.45) is 0 Å². The predicted molar refractivity (Wildman–Crippen MR) is 138 cm³/mol. The molecule has 0 spiro atoms. The number of nitrogens with zero attached hydrogens (tertiary/aromatic N) is 1. The highest BCUT2D eigenvalue weighted by atomic mass is 32.2. The molecule has 0 aliphatic rings. The van der Waals surface area contributed by atoms with Crippen LogP contribution in [0, 0.1) is 10.1 Å². The number of hydrogen-bond acceptors (Lipinski definition) is 6. The van der Waals surface area contributed by atoms with Crippen molar-refractivity contribution in [2.45, 2.75) is 4.90 Å². The topological polar surface area (TPSA) is 139 Å². The number of aromatic carboxylic acids is 1. The van der Waals surface area contributed by atoms with Crippen molar-refractivity contribution in [1.29, 1.82) is 0 Å². The summed E-state index contributed by atoms with van der Waals surface area (Å²) in [6.45, 7) is 0. The van der Waals surface area contributed by atoms with E-state index in [9.17, 15) is 29.6 Å². The number of nitrogens with one attached hydrogen (secondary N) is 2. The molecule has 0 bridgehead atoms. The van der Waals surface area contributed by atoms with E-state index in [2.05, 4.69) is 10.6 Å². The van der Waals surface area contributed by atoms with E-state index in [-0.39, 0.29) is 28.5 Å². The quantitative estimate of drug-likeness (QED) is 0.166. The summed E-state index contributed by atoms with van der Waals surface area (Å²) in [6, 6.07) is 22.3. The van der Waals surface area contributed by atoms with Gasteiger partial charge < -0.3 is 15.7 Å². The Hall–Kier alpha value is -4.70. The van der Waals surface area contributed by atoms with Crippen molar-refractivity contribution in [1.82, 2.24) is 0 Å². The minimum atomic E-state index is -1.11. The van der Waals surface area contributed by atoms with Gasteiger partial charge in [0.05, 0.1) is 16.2 Å². The molecule has 0 atom stereocenters. The van der Waals surface area contributed by atoms with Crippen LogP contribution in [0.5, 0.6) is 0 Å². The Morgan fingerprint density at radius 3 is 2.00 bits per heavy atom. The highest BCUT2D eigenvalue weighted by Gasteiger charge is 2.16. The second-order valence-electron chi connectivity index (χ2n) is 7.63.